The Balaban J connectivity index is 2.67. The quantitative estimate of drug-likeness (QED) is 0.638. The number of aryl methyl sites for hydroxylation is 2. The van der Waals surface area contributed by atoms with E-state index in [4.69, 9.17) is 0 Å². The molecule has 11 heavy (non-hydrogen) atoms. The maximum atomic E-state index is 3.21. The summed E-state index contributed by atoms with van der Waals surface area (Å²) in [5.74, 6) is 1.26. The zero-order chi connectivity index (χ0) is 8.27. The molecule has 0 saturated heterocycles. The highest BCUT2D eigenvalue weighted by Crippen LogP contribution is 1.93. The third-order valence-electron chi connectivity index (χ3n) is 2.06. The summed E-state index contributed by atoms with van der Waals surface area (Å²) in [6.45, 7) is 7.62. The highest BCUT2D eigenvalue weighted by Gasteiger charge is 2.07. The number of aromatic nitrogens is 2. The van der Waals surface area contributed by atoms with Crippen molar-refractivity contribution in [3.63, 3.8) is 0 Å². The maximum absolute atomic E-state index is 3.21. The number of nitrogens with one attached hydrogen (secondary N) is 1. The lowest BCUT2D eigenvalue weighted by Gasteiger charge is -1.97. The van der Waals surface area contributed by atoms with Gasteiger partial charge in [-0.2, -0.15) is 0 Å². The van der Waals surface area contributed by atoms with Gasteiger partial charge in [0.1, 0.15) is 11.9 Å². The molecule has 1 aromatic rings. The van der Waals surface area contributed by atoms with E-state index in [0.717, 1.165) is 6.54 Å². The van der Waals surface area contributed by atoms with Gasteiger partial charge in [-0.05, 0) is 6.42 Å². The van der Waals surface area contributed by atoms with Crippen molar-refractivity contribution in [3.8, 4) is 0 Å². The topological polar surface area (TPSA) is 19.7 Å². The maximum Gasteiger partial charge on any atom is 0.251 e. The lowest BCUT2D eigenvalue weighted by Crippen LogP contribution is -2.37. The third-order valence-corrected chi connectivity index (χ3v) is 2.06. The fourth-order valence-corrected chi connectivity index (χ4v) is 1.29. The molecular formula is C9H17N2+. The van der Waals surface area contributed by atoms with Crippen molar-refractivity contribution in [1.82, 2.24) is 4.98 Å². The van der Waals surface area contributed by atoms with Crippen molar-refractivity contribution >= 4 is 0 Å². The molecule has 1 aromatic heterocycles. The van der Waals surface area contributed by atoms with E-state index in [1.54, 1.807) is 0 Å². The van der Waals surface area contributed by atoms with Crippen molar-refractivity contribution < 1.29 is 4.57 Å². The lowest BCUT2D eigenvalue weighted by molar-refractivity contribution is -0.707. The van der Waals surface area contributed by atoms with E-state index in [-0.39, 0.29) is 0 Å². The van der Waals surface area contributed by atoms with E-state index in [1.165, 1.54) is 24.4 Å². The first-order valence-electron chi connectivity index (χ1n) is 4.30. The molecule has 0 atom stereocenters. The second-order valence-electron chi connectivity index (χ2n) is 3.02. The van der Waals surface area contributed by atoms with Gasteiger partial charge in [0.25, 0.3) is 5.82 Å². The summed E-state index contributed by atoms with van der Waals surface area (Å²) in [7, 11) is 0. The van der Waals surface area contributed by atoms with Gasteiger partial charge in [-0.15, -0.1) is 0 Å². The monoisotopic (exact) mass is 153 g/mol. The van der Waals surface area contributed by atoms with Gasteiger partial charge >= 0.3 is 0 Å². The Bertz CT molecular complexity index is 206. The molecule has 1 heterocycles. The Labute approximate surface area is 68.3 Å². The van der Waals surface area contributed by atoms with Crippen LogP contribution in [0.5, 0.6) is 0 Å². The Morgan fingerprint density at radius 3 is 2.64 bits per heavy atom. The molecule has 1 N–H and O–H groups in total. The summed E-state index contributed by atoms with van der Waals surface area (Å²) < 4.78 is 2.32. The van der Waals surface area contributed by atoms with Gasteiger partial charge in [0.15, 0.2) is 0 Å². The summed E-state index contributed by atoms with van der Waals surface area (Å²) in [5.41, 5.74) is 1.33. The first kappa shape index (κ1) is 8.31. The first-order chi connectivity index (χ1) is 5.25. The average Bonchev–Trinajstić information content (AvgIpc) is 2.29. The Hall–Kier alpha value is -0.790. The molecule has 0 aliphatic rings. The molecule has 0 bridgehead atoms. The smallest absolute Gasteiger partial charge is 0.248 e. The number of imidazole rings is 1. The average molecular weight is 153 g/mol. The standard InChI is InChI=1S/C9H16N2/c1-4-5-6-11-8(2)7-10-9(11)3/h7H,4-6H2,1-3H3/p+1. The van der Waals surface area contributed by atoms with Crippen LogP contribution in [0, 0.1) is 13.8 Å². The first-order valence-corrected chi connectivity index (χ1v) is 4.30. The van der Waals surface area contributed by atoms with Crippen LogP contribution in [-0.2, 0) is 6.54 Å². The molecule has 1 rings (SSSR count). The SMILES string of the molecule is CCCC[n+]1c(C)c[nH]c1C. The summed E-state index contributed by atoms with van der Waals surface area (Å²) in [6, 6.07) is 0. The van der Waals surface area contributed by atoms with Crippen LogP contribution in [0.2, 0.25) is 0 Å². The van der Waals surface area contributed by atoms with Crippen LogP contribution in [0.4, 0.5) is 0 Å². The van der Waals surface area contributed by atoms with Gasteiger partial charge in [-0.3, -0.25) is 0 Å². The summed E-state index contributed by atoms with van der Waals surface area (Å²) >= 11 is 0. The summed E-state index contributed by atoms with van der Waals surface area (Å²) in [6.07, 6.45) is 4.59. The van der Waals surface area contributed by atoms with Crippen LogP contribution in [0.1, 0.15) is 31.3 Å². The summed E-state index contributed by atoms with van der Waals surface area (Å²) in [5, 5.41) is 0. The highest BCUT2D eigenvalue weighted by molar-refractivity contribution is 4.85. The van der Waals surface area contributed by atoms with Gasteiger partial charge < -0.3 is 0 Å². The second kappa shape index (κ2) is 3.56. The largest absolute Gasteiger partial charge is 0.251 e. The normalized spacial score (nSPS) is 10.5. The highest BCUT2D eigenvalue weighted by atomic mass is 15.1. The number of unbranched alkanes of at least 4 members (excludes halogenated alkanes) is 1. The number of H-pyrrole nitrogens is 1. The van der Waals surface area contributed by atoms with Crippen molar-refractivity contribution in [2.24, 2.45) is 0 Å². The molecule has 0 spiro atoms. The zero-order valence-corrected chi connectivity index (χ0v) is 7.65. The van der Waals surface area contributed by atoms with E-state index in [0.29, 0.717) is 0 Å². The predicted molar refractivity (Wildman–Crippen MR) is 45.4 cm³/mol. The molecule has 0 saturated carbocycles. The third kappa shape index (κ3) is 1.82. The van der Waals surface area contributed by atoms with E-state index in [1.807, 2.05) is 0 Å². The molecule has 0 aliphatic carbocycles. The van der Waals surface area contributed by atoms with Crippen molar-refractivity contribution in [1.29, 1.82) is 0 Å². The van der Waals surface area contributed by atoms with Crippen LogP contribution in [-0.4, -0.2) is 4.98 Å². The number of nitrogens with zero attached hydrogens (tertiary/aromatic N) is 1. The molecule has 0 radical (unpaired) electrons. The Morgan fingerprint density at radius 1 is 1.45 bits per heavy atom. The molecule has 2 nitrogen and oxygen atoms in total. The van der Waals surface area contributed by atoms with E-state index in [9.17, 15) is 0 Å². The fourth-order valence-electron chi connectivity index (χ4n) is 1.29. The second-order valence-corrected chi connectivity index (χ2v) is 3.02. The summed E-state index contributed by atoms with van der Waals surface area (Å²) in [4.78, 5) is 3.21. The van der Waals surface area contributed by atoms with E-state index in [2.05, 4.69) is 36.5 Å². The molecule has 62 valence electrons. The van der Waals surface area contributed by atoms with Crippen LogP contribution in [0.25, 0.3) is 0 Å². The van der Waals surface area contributed by atoms with E-state index >= 15 is 0 Å². The minimum absolute atomic E-state index is 1.15. The molecular weight excluding hydrogens is 136 g/mol. The number of hydrogen-bond acceptors (Lipinski definition) is 0. The van der Waals surface area contributed by atoms with E-state index < -0.39 is 0 Å². The molecule has 0 unspecified atom stereocenters. The molecule has 0 fully saturated rings. The van der Waals surface area contributed by atoms with Gasteiger partial charge in [0.2, 0.25) is 0 Å². The van der Waals surface area contributed by atoms with Gasteiger partial charge in [0.05, 0.1) is 6.54 Å². The number of rotatable bonds is 3. The number of aromatic amines is 1. The molecule has 2 heteroatoms. The zero-order valence-electron chi connectivity index (χ0n) is 7.65. The van der Waals surface area contributed by atoms with Gasteiger partial charge in [0, 0.05) is 13.8 Å². The van der Waals surface area contributed by atoms with Crippen molar-refractivity contribution in [3.05, 3.63) is 17.7 Å². The predicted octanol–water partition coefficient (Wildman–Crippen LogP) is 1.72. The van der Waals surface area contributed by atoms with Crippen molar-refractivity contribution in [2.75, 3.05) is 0 Å². The number of hydrogen-bond donors (Lipinski definition) is 1. The van der Waals surface area contributed by atoms with Crippen LogP contribution in [0.15, 0.2) is 6.20 Å². The molecule has 0 amide bonds. The van der Waals surface area contributed by atoms with Crippen LogP contribution in [0.3, 0.4) is 0 Å². The van der Waals surface area contributed by atoms with Crippen LogP contribution < -0.4 is 4.57 Å². The van der Waals surface area contributed by atoms with Gasteiger partial charge in [-0.25, -0.2) is 9.55 Å². The Morgan fingerprint density at radius 2 is 2.18 bits per heavy atom. The van der Waals surface area contributed by atoms with Crippen molar-refractivity contribution in [2.45, 2.75) is 40.2 Å². The minimum atomic E-state index is 1.15. The Kier molecular flexibility index (Phi) is 2.69. The lowest BCUT2D eigenvalue weighted by atomic mass is 10.3. The van der Waals surface area contributed by atoms with Gasteiger partial charge in [-0.1, -0.05) is 13.3 Å². The molecule has 0 aromatic carbocycles. The fraction of sp³-hybridized carbons (Fsp3) is 0.667. The molecule has 0 aliphatic heterocycles. The van der Waals surface area contributed by atoms with Crippen LogP contribution >= 0.6 is 0 Å². The minimum Gasteiger partial charge on any atom is -0.248 e.